The molecule has 0 radical (unpaired) electrons. The van der Waals surface area contributed by atoms with Crippen LogP contribution < -0.4 is 4.90 Å². The molecule has 3 aromatic heterocycles. The monoisotopic (exact) mass is 352 g/mol. The standard InChI is InChI=1S/C18H20N6O2/c1-3-24(13-5-4-8-19-10-13)18(25)14-11-20-17(23(14)2)16-21-15(26-22-16)9-12-6-7-12/h4-5,8,10-12H,3,6-7,9H2,1-2H3. The number of carbonyl (C=O) groups is 1. The third-order valence-corrected chi connectivity index (χ3v) is 4.55. The van der Waals surface area contributed by atoms with Gasteiger partial charge < -0.3 is 14.0 Å². The Balaban J connectivity index is 1.59. The lowest BCUT2D eigenvalue weighted by Gasteiger charge is -2.20. The van der Waals surface area contributed by atoms with E-state index in [9.17, 15) is 4.79 Å². The van der Waals surface area contributed by atoms with Crippen LogP contribution in [-0.2, 0) is 13.5 Å². The van der Waals surface area contributed by atoms with E-state index in [1.807, 2.05) is 13.0 Å². The van der Waals surface area contributed by atoms with E-state index in [1.165, 1.54) is 12.8 Å². The van der Waals surface area contributed by atoms with Gasteiger partial charge >= 0.3 is 0 Å². The van der Waals surface area contributed by atoms with Crippen molar-refractivity contribution in [3.8, 4) is 11.6 Å². The topological polar surface area (TPSA) is 89.9 Å². The zero-order valence-electron chi connectivity index (χ0n) is 14.8. The number of anilines is 1. The molecule has 4 rings (SSSR count). The summed E-state index contributed by atoms with van der Waals surface area (Å²) in [6.07, 6.45) is 8.16. The van der Waals surface area contributed by atoms with E-state index in [0.717, 1.165) is 12.1 Å². The minimum atomic E-state index is -0.150. The molecule has 0 unspecified atom stereocenters. The average Bonchev–Trinajstić information content (AvgIpc) is 3.20. The van der Waals surface area contributed by atoms with Crippen molar-refractivity contribution in [3.05, 3.63) is 42.3 Å². The summed E-state index contributed by atoms with van der Waals surface area (Å²) in [7, 11) is 1.78. The normalized spacial score (nSPS) is 13.8. The van der Waals surface area contributed by atoms with Crippen LogP contribution >= 0.6 is 0 Å². The predicted molar refractivity (Wildman–Crippen MR) is 94.5 cm³/mol. The molecule has 1 saturated carbocycles. The number of hydrogen-bond acceptors (Lipinski definition) is 6. The van der Waals surface area contributed by atoms with Gasteiger partial charge in [-0.05, 0) is 37.8 Å². The molecule has 3 heterocycles. The Morgan fingerprint density at radius 3 is 2.92 bits per heavy atom. The summed E-state index contributed by atoms with van der Waals surface area (Å²) in [4.78, 5) is 27.5. The Morgan fingerprint density at radius 1 is 1.38 bits per heavy atom. The third-order valence-electron chi connectivity index (χ3n) is 4.55. The first-order valence-corrected chi connectivity index (χ1v) is 8.74. The molecule has 26 heavy (non-hydrogen) atoms. The van der Waals surface area contributed by atoms with E-state index in [1.54, 1.807) is 41.2 Å². The maximum Gasteiger partial charge on any atom is 0.276 e. The molecule has 134 valence electrons. The van der Waals surface area contributed by atoms with Crippen LogP contribution in [0, 0.1) is 5.92 Å². The Labute approximate surface area is 150 Å². The molecular formula is C18H20N6O2. The molecule has 1 amide bonds. The number of nitrogens with zero attached hydrogens (tertiary/aromatic N) is 6. The Morgan fingerprint density at radius 2 is 2.23 bits per heavy atom. The number of hydrogen-bond donors (Lipinski definition) is 0. The van der Waals surface area contributed by atoms with Crippen LogP contribution in [0.2, 0.25) is 0 Å². The van der Waals surface area contributed by atoms with Crippen LogP contribution in [0.5, 0.6) is 0 Å². The van der Waals surface area contributed by atoms with Crippen molar-refractivity contribution < 1.29 is 9.32 Å². The predicted octanol–water partition coefficient (Wildman–Crippen LogP) is 2.48. The molecule has 0 aliphatic heterocycles. The fraction of sp³-hybridized carbons (Fsp3) is 0.389. The summed E-state index contributed by atoms with van der Waals surface area (Å²) in [6, 6.07) is 3.66. The highest BCUT2D eigenvalue weighted by Gasteiger charge is 2.26. The fourth-order valence-corrected chi connectivity index (χ4v) is 2.91. The number of amides is 1. The van der Waals surface area contributed by atoms with Crippen molar-refractivity contribution in [2.24, 2.45) is 13.0 Å². The fourth-order valence-electron chi connectivity index (χ4n) is 2.91. The maximum absolute atomic E-state index is 13.0. The zero-order chi connectivity index (χ0) is 18.1. The highest BCUT2D eigenvalue weighted by Crippen LogP contribution is 2.32. The smallest absolute Gasteiger partial charge is 0.276 e. The van der Waals surface area contributed by atoms with Crippen molar-refractivity contribution in [1.82, 2.24) is 24.7 Å². The van der Waals surface area contributed by atoms with E-state index in [2.05, 4.69) is 20.1 Å². The van der Waals surface area contributed by atoms with Gasteiger partial charge in [-0.2, -0.15) is 4.98 Å². The van der Waals surface area contributed by atoms with Gasteiger partial charge in [0.05, 0.1) is 18.1 Å². The Kier molecular flexibility index (Phi) is 4.24. The van der Waals surface area contributed by atoms with Gasteiger partial charge in [-0.1, -0.05) is 5.16 Å². The molecule has 0 atom stereocenters. The lowest BCUT2D eigenvalue weighted by Crippen LogP contribution is -2.32. The number of aromatic nitrogens is 5. The molecule has 0 spiro atoms. The molecule has 0 bridgehead atoms. The highest BCUT2D eigenvalue weighted by molar-refractivity contribution is 6.05. The van der Waals surface area contributed by atoms with Gasteiger partial charge in [-0.15, -0.1) is 0 Å². The number of pyridine rings is 1. The minimum Gasteiger partial charge on any atom is -0.339 e. The van der Waals surface area contributed by atoms with Gasteiger partial charge in [0.1, 0.15) is 5.69 Å². The van der Waals surface area contributed by atoms with E-state index in [-0.39, 0.29) is 5.91 Å². The third kappa shape index (κ3) is 3.10. The second-order valence-electron chi connectivity index (χ2n) is 6.45. The largest absolute Gasteiger partial charge is 0.339 e. The first kappa shape index (κ1) is 16.4. The number of imidazole rings is 1. The van der Waals surface area contributed by atoms with Gasteiger partial charge in [0.25, 0.3) is 5.91 Å². The van der Waals surface area contributed by atoms with Gasteiger partial charge in [0.15, 0.2) is 5.82 Å². The Hall–Kier alpha value is -3.03. The van der Waals surface area contributed by atoms with Gasteiger partial charge in [0.2, 0.25) is 11.7 Å². The maximum atomic E-state index is 13.0. The van der Waals surface area contributed by atoms with Crippen molar-refractivity contribution in [1.29, 1.82) is 0 Å². The molecule has 0 N–H and O–H groups in total. The first-order valence-electron chi connectivity index (χ1n) is 8.74. The van der Waals surface area contributed by atoms with E-state index < -0.39 is 0 Å². The summed E-state index contributed by atoms with van der Waals surface area (Å²) in [6.45, 7) is 2.45. The van der Waals surface area contributed by atoms with Crippen LogP contribution in [0.1, 0.15) is 36.1 Å². The SMILES string of the molecule is CCN(C(=O)c1cnc(-c2noc(CC3CC3)n2)n1C)c1cccnc1. The van der Waals surface area contributed by atoms with Crippen LogP contribution in [0.3, 0.4) is 0 Å². The van der Waals surface area contributed by atoms with E-state index in [0.29, 0.717) is 35.7 Å². The first-order chi connectivity index (χ1) is 12.7. The lowest BCUT2D eigenvalue weighted by molar-refractivity contribution is 0.0980. The van der Waals surface area contributed by atoms with Crippen LogP contribution in [0.25, 0.3) is 11.6 Å². The summed E-state index contributed by atoms with van der Waals surface area (Å²) in [5.74, 6) is 2.07. The molecule has 0 aromatic carbocycles. The molecule has 8 heteroatoms. The second kappa shape index (κ2) is 6.70. The molecule has 0 saturated heterocycles. The van der Waals surface area contributed by atoms with Gasteiger partial charge in [0, 0.05) is 26.2 Å². The van der Waals surface area contributed by atoms with Gasteiger partial charge in [-0.3, -0.25) is 9.78 Å². The molecule has 8 nitrogen and oxygen atoms in total. The van der Waals surface area contributed by atoms with E-state index >= 15 is 0 Å². The number of carbonyl (C=O) groups excluding carboxylic acids is 1. The van der Waals surface area contributed by atoms with Crippen molar-refractivity contribution in [2.75, 3.05) is 11.4 Å². The number of rotatable bonds is 6. The Bertz CT molecular complexity index is 913. The van der Waals surface area contributed by atoms with E-state index in [4.69, 9.17) is 4.52 Å². The molecular weight excluding hydrogens is 332 g/mol. The molecule has 3 aromatic rings. The average molecular weight is 352 g/mol. The van der Waals surface area contributed by atoms with Crippen molar-refractivity contribution in [3.63, 3.8) is 0 Å². The summed E-state index contributed by atoms with van der Waals surface area (Å²) in [5, 5.41) is 4.02. The summed E-state index contributed by atoms with van der Waals surface area (Å²) < 4.78 is 7.02. The quantitative estimate of drug-likeness (QED) is 0.677. The van der Waals surface area contributed by atoms with Gasteiger partial charge in [-0.25, -0.2) is 4.98 Å². The second-order valence-corrected chi connectivity index (χ2v) is 6.45. The summed E-state index contributed by atoms with van der Waals surface area (Å²) >= 11 is 0. The molecule has 1 aliphatic carbocycles. The molecule has 1 fully saturated rings. The van der Waals surface area contributed by atoms with Crippen LogP contribution in [-0.4, -0.2) is 37.1 Å². The summed E-state index contributed by atoms with van der Waals surface area (Å²) in [5.41, 5.74) is 1.20. The van der Waals surface area contributed by atoms with Crippen LogP contribution in [0.4, 0.5) is 5.69 Å². The van der Waals surface area contributed by atoms with Crippen molar-refractivity contribution in [2.45, 2.75) is 26.2 Å². The molecule has 1 aliphatic rings. The lowest BCUT2D eigenvalue weighted by atomic mass is 10.3. The minimum absolute atomic E-state index is 0.150. The van der Waals surface area contributed by atoms with Crippen LogP contribution in [0.15, 0.2) is 35.2 Å². The highest BCUT2D eigenvalue weighted by atomic mass is 16.5. The van der Waals surface area contributed by atoms with Crippen molar-refractivity contribution >= 4 is 11.6 Å². The zero-order valence-corrected chi connectivity index (χ0v) is 14.8.